The Labute approximate surface area is 136 Å². The maximum atomic E-state index is 12.4. The number of aryl methyl sites for hydroxylation is 1. The third kappa shape index (κ3) is 3.62. The summed E-state index contributed by atoms with van der Waals surface area (Å²) in [5, 5.41) is 0. The molecule has 0 saturated carbocycles. The minimum Gasteiger partial charge on any atom is -0.206 e. The van der Waals surface area contributed by atoms with Crippen LogP contribution in [0, 0.1) is 6.92 Å². The van der Waals surface area contributed by atoms with Gasteiger partial charge in [-0.15, -0.1) is 22.9 Å². The monoisotopic (exact) mass is 393 g/mol. The predicted molar refractivity (Wildman–Crippen MR) is 87.0 cm³/mol. The van der Waals surface area contributed by atoms with Crippen molar-refractivity contribution in [2.24, 2.45) is 0 Å². The molecule has 0 fully saturated rings. The van der Waals surface area contributed by atoms with Crippen molar-refractivity contribution in [3.05, 3.63) is 51.3 Å². The van der Waals surface area contributed by atoms with Gasteiger partial charge in [-0.05, 0) is 40.0 Å². The van der Waals surface area contributed by atoms with Gasteiger partial charge in [0, 0.05) is 5.88 Å². The molecule has 0 aliphatic heterocycles. The molecular weight excluding hydrogens is 382 g/mol. The third-order valence-corrected chi connectivity index (χ3v) is 7.14. The molecule has 1 aromatic heterocycles. The van der Waals surface area contributed by atoms with Gasteiger partial charge in [0.25, 0.3) is 10.0 Å². The number of nitrogens with one attached hydrogen (secondary N) is 1. The van der Waals surface area contributed by atoms with E-state index in [1.165, 1.54) is 11.3 Å². The highest BCUT2D eigenvalue weighted by atomic mass is 79.9. The summed E-state index contributed by atoms with van der Waals surface area (Å²) in [7, 11) is -3.57. The normalized spacial score (nSPS) is 13.3. The summed E-state index contributed by atoms with van der Waals surface area (Å²) < 4.78 is 28.5. The van der Waals surface area contributed by atoms with Crippen LogP contribution in [0.4, 0.5) is 0 Å². The van der Waals surface area contributed by atoms with Crippen molar-refractivity contribution in [2.45, 2.75) is 17.2 Å². The lowest BCUT2D eigenvalue weighted by molar-refractivity contribution is 0.570. The zero-order valence-corrected chi connectivity index (χ0v) is 14.6. The molecule has 0 aliphatic rings. The quantitative estimate of drug-likeness (QED) is 0.777. The topological polar surface area (TPSA) is 46.2 Å². The second-order valence-corrected chi connectivity index (χ2v) is 8.88. The van der Waals surface area contributed by atoms with Gasteiger partial charge in [-0.1, -0.05) is 30.3 Å². The van der Waals surface area contributed by atoms with Gasteiger partial charge >= 0.3 is 0 Å². The minimum atomic E-state index is -3.57. The van der Waals surface area contributed by atoms with Gasteiger partial charge in [0.2, 0.25) is 0 Å². The molecule has 0 radical (unpaired) electrons. The highest BCUT2D eigenvalue weighted by Crippen LogP contribution is 2.31. The summed E-state index contributed by atoms with van der Waals surface area (Å²) in [6, 6.07) is 10.5. The molecule has 1 aromatic carbocycles. The summed E-state index contributed by atoms with van der Waals surface area (Å²) in [4.78, 5) is 0. The smallest absolute Gasteiger partial charge is 0.206 e. The van der Waals surface area contributed by atoms with E-state index in [1.54, 1.807) is 6.07 Å². The lowest BCUT2D eigenvalue weighted by atomic mass is 10.1. The standard InChI is InChI=1S/C13H13BrClNO2S2/c1-9-7-12(19-13(9)14)20(17,18)16-11(8-15)10-5-3-2-4-6-10/h2-7,11,16H,8H2,1H3. The van der Waals surface area contributed by atoms with Crippen LogP contribution in [0.5, 0.6) is 0 Å². The van der Waals surface area contributed by atoms with Gasteiger partial charge in [-0.25, -0.2) is 13.1 Å². The average molecular weight is 395 g/mol. The summed E-state index contributed by atoms with van der Waals surface area (Å²) in [5.41, 5.74) is 1.75. The Bertz CT molecular complexity index is 666. The van der Waals surface area contributed by atoms with Gasteiger partial charge in [-0.3, -0.25) is 0 Å². The van der Waals surface area contributed by atoms with E-state index in [0.29, 0.717) is 0 Å². The molecule has 2 rings (SSSR count). The van der Waals surface area contributed by atoms with E-state index in [2.05, 4.69) is 20.7 Å². The molecule has 0 bridgehead atoms. The van der Waals surface area contributed by atoms with E-state index < -0.39 is 16.1 Å². The van der Waals surface area contributed by atoms with E-state index in [0.717, 1.165) is 14.9 Å². The van der Waals surface area contributed by atoms with Crippen molar-refractivity contribution < 1.29 is 8.42 Å². The number of benzene rings is 1. The van der Waals surface area contributed by atoms with Gasteiger partial charge < -0.3 is 0 Å². The number of hydrogen-bond donors (Lipinski definition) is 1. The van der Waals surface area contributed by atoms with Crippen LogP contribution in [0.2, 0.25) is 0 Å². The van der Waals surface area contributed by atoms with Crippen molar-refractivity contribution in [3.8, 4) is 0 Å². The van der Waals surface area contributed by atoms with Crippen LogP contribution < -0.4 is 4.72 Å². The van der Waals surface area contributed by atoms with Crippen LogP contribution >= 0.6 is 38.9 Å². The molecular formula is C13H13BrClNO2S2. The number of sulfonamides is 1. The molecule has 1 atom stereocenters. The fraction of sp³-hybridized carbons (Fsp3) is 0.231. The van der Waals surface area contributed by atoms with E-state index in [1.807, 2.05) is 37.3 Å². The summed E-state index contributed by atoms with van der Waals surface area (Å²) in [6.45, 7) is 1.86. The Kier molecular flexibility index (Phi) is 5.25. The second kappa shape index (κ2) is 6.58. The van der Waals surface area contributed by atoms with Crippen LogP contribution in [0.3, 0.4) is 0 Å². The minimum absolute atomic E-state index is 0.175. The van der Waals surface area contributed by atoms with Crippen molar-refractivity contribution >= 4 is 48.9 Å². The molecule has 7 heteroatoms. The molecule has 0 saturated heterocycles. The van der Waals surface area contributed by atoms with Crippen molar-refractivity contribution in [1.29, 1.82) is 0 Å². The maximum Gasteiger partial charge on any atom is 0.250 e. The number of hydrogen-bond acceptors (Lipinski definition) is 3. The molecule has 0 aliphatic carbocycles. The van der Waals surface area contributed by atoms with Crippen molar-refractivity contribution in [3.63, 3.8) is 0 Å². The van der Waals surface area contributed by atoms with Gasteiger partial charge in [0.05, 0.1) is 9.83 Å². The highest BCUT2D eigenvalue weighted by Gasteiger charge is 2.23. The number of rotatable bonds is 5. The lowest BCUT2D eigenvalue weighted by Gasteiger charge is -2.15. The first-order valence-corrected chi connectivity index (χ1v) is 9.46. The highest BCUT2D eigenvalue weighted by molar-refractivity contribution is 9.11. The maximum absolute atomic E-state index is 12.4. The van der Waals surface area contributed by atoms with Crippen molar-refractivity contribution in [1.82, 2.24) is 4.72 Å². The molecule has 0 spiro atoms. The van der Waals surface area contributed by atoms with Crippen LogP contribution in [0.25, 0.3) is 0 Å². The second-order valence-electron chi connectivity index (χ2n) is 4.26. The van der Waals surface area contributed by atoms with Crippen LogP contribution in [0.15, 0.2) is 44.4 Å². The Hall–Kier alpha value is -0.400. The number of thiophene rings is 1. The molecule has 1 N–H and O–H groups in total. The largest absolute Gasteiger partial charge is 0.250 e. The molecule has 108 valence electrons. The lowest BCUT2D eigenvalue weighted by Crippen LogP contribution is -2.29. The Balaban J connectivity index is 2.27. The predicted octanol–water partition coefficient (Wildman–Crippen LogP) is 4.08. The fourth-order valence-corrected chi connectivity index (χ4v) is 5.50. The first-order chi connectivity index (χ1) is 9.44. The molecule has 1 unspecified atom stereocenters. The van der Waals surface area contributed by atoms with Crippen molar-refractivity contribution in [2.75, 3.05) is 5.88 Å². The van der Waals surface area contributed by atoms with E-state index in [9.17, 15) is 8.42 Å². The fourth-order valence-electron chi connectivity index (χ4n) is 1.68. The van der Waals surface area contributed by atoms with Gasteiger partial charge in [0.1, 0.15) is 4.21 Å². The summed E-state index contributed by atoms with van der Waals surface area (Å²) in [6.07, 6.45) is 0. The molecule has 3 nitrogen and oxygen atoms in total. The zero-order chi connectivity index (χ0) is 14.8. The summed E-state index contributed by atoms with van der Waals surface area (Å²) in [5.74, 6) is 0.175. The summed E-state index contributed by atoms with van der Waals surface area (Å²) >= 11 is 10.4. The number of alkyl halides is 1. The average Bonchev–Trinajstić information content (AvgIpc) is 2.78. The first kappa shape index (κ1) is 16.0. The molecule has 1 heterocycles. The zero-order valence-electron chi connectivity index (χ0n) is 10.6. The molecule has 20 heavy (non-hydrogen) atoms. The van der Waals surface area contributed by atoms with Crippen LogP contribution in [-0.2, 0) is 10.0 Å². The Morgan fingerprint density at radius 1 is 1.35 bits per heavy atom. The van der Waals surface area contributed by atoms with Gasteiger partial charge in [0.15, 0.2) is 0 Å². The molecule has 0 amide bonds. The van der Waals surface area contributed by atoms with Crippen LogP contribution in [0.1, 0.15) is 17.2 Å². The SMILES string of the molecule is Cc1cc(S(=O)(=O)NC(CCl)c2ccccc2)sc1Br. The number of halogens is 2. The van der Waals surface area contributed by atoms with E-state index in [-0.39, 0.29) is 10.1 Å². The third-order valence-electron chi connectivity index (χ3n) is 2.75. The van der Waals surface area contributed by atoms with Crippen LogP contribution in [-0.4, -0.2) is 14.3 Å². The Morgan fingerprint density at radius 2 is 2.00 bits per heavy atom. The Morgan fingerprint density at radius 3 is 2.50 bits per heavy atom. The van der Waals surface area contributed by atoms with Gasteiger partial charge in [-0.2, -0.15) is 0 Å². The first-order valence-electron chi connectivity index (χ1n) is 5.83. The van der Waals surface area contributed by atoms with E-state index >= 15 is 0 Å². The molecule has 2 aromatic rings. The van der Waals surface area contributed by atoms with E-state index in [4.69, 9.17) is 11.6 Å².